The van der Waals surface area contributed by atoms with Crippen LogP contribution in [-0.4, -0.2) is 94.0 Å². The van der Waals surface area contributed by atoms with Crippen molar-refractivity contribution in [2.75, 3.05) is 53.0 Å². The number of hydrogen-bond donors (Lipinski definition) is 2. The normalized spacial score (nSPS) is 19.2. The van der Waals surface area contributed by atoms with Crippen molar-refractivity contribution in [3.63, 3.8) is 0 Å². The van der Waals surface area contributed by atoms with E-state index in [1.54, 1.807) is 27.9 Å². The van der Waals surface area contributed by atoms with Crippen molar-refractivity contribution in [1.82, 2.24) is 15.5 Å². The number of carbonyl (C=O) groups excluding carboxylic acids is 2. The van der Waals surface area contributed by atoms with Gasteiger partial charge in [0.2, 0.25) is 0 Å². The van der Waals surface area contributed by atoms with Gasteiger partial charge in [0.05, 0.1) is 26.4 Å². The number of nitrogens with one attached hydrogen (secondary N) is 2. The zero-order valence-electron chi connectivity index (χ0n) is 22.6. The maximum atomic E-state index is 12.5. The number of ether oxygens (including phenoxy) is 5. The van der Waals surface area contributed by atoms with E-state index in [-0.39, 0.29) is 32.1 Å². The number of amides is 1. The van der Waals surface area contributed by atoms with Crippen LogP contribution in [0.2, 0.25) is 0 Å². The predicted octanol–water partition coefficient (Wildman–Crippen LogP) is 2.61. The molecule has 1 amide bonds. The summed E-state index contributed by atoms with van der Waals surface area (Å²) in [6.07, 6.45) is -2.25. The van der Waals surface area contributed by atoms with E-state index >= 15 is 0 Å². The van der Waals surface area contributed by atoms with E-state index in [9.17, 15) is 9.59 Å². The van der Waals surface area contributed by atoms with Crippen molar-refractivity contribution in [2.45, 2.75) is 51.0 Å². The molecule has 1 heterocycles. The van der Waals surface area contributed by atoms with Gasteiger partial charge in [0, 0.05) is 19.6 Å². The molecule has 11 heteroatoms. The van der Waals surface area contributed by atoms with Crippen molar-refractivity contribution in [3.05, 3.63) is 43.7 Å². The maximum Gasteiger partial charge on any atom is 2.00 e. The molecule has 1 fully saturated rings. The number of hydrogen-bond acceptors (Lipinski definition) is 9. The Morgan fingerprint density at radius 1 is 1.11 bits per heavy atom. The van der Waals surface area contributed by atoms with Gasteiger partial charge in [0.15, 0.2) is 12.2 Å². The van der Waals surface area contributed by atoms with Gasteiger partial charge < -0.3 is 53.1 Å². The van der Waals surface area contributed by atoms with E-state index in [0.29, 0.717) is 39.3 Å². The van der Waals surface area contributed by atoms with Crippen molar-refractivity contribution in [3.8, 4) is 5.75 Å². The van der Waals surface area contributed by atoms with Crippen molar-refractivity contribution >= 4 is 12.2 Å². The number of alkyl carbamates (subject to hydrolysis) is 1. The Morgan fingerprint density at radius 3 is 2.38 bits per heavy atom. The molecule has 0 aliphatic carbocycles. The summed E-state index contributed by atoms with van der Waals surface area (Å²) in [4.78, 5) is 26.9. The van der Waals surface area contributed by atoms with Gasteiger partial charge in [-0.15, -0.1) is 13.1 Å². The summed E-state index contributed by atoms with van der Waals surface area (Å²) in [5.41, 5.74) is 0.324. The van der Waals surface area contributed by atoms with Gasteiger partial charge in [-0.1, -0.05) is 12.1 Å². The molecular formula is C26H41N3O7Zn. The number of carbonyl (C=O) groups is 2. The first-order chi connectivity index (χ1) is 17.1. The van der Waals surface area contributed by atoms with Crippen LogP contribution in [0, 0.1) is 13.8 Å². The molecule has 0 unspecified atom stereocenters. The topological polar surface area (TPSA) is 108 Å². The Bertz CT molecular complexity index is 800. The van der Waals surface area contributed by atoms with Gasteiger partial charge in [-0.05, 0) is 44.9 Å². The minimum absolute atomic E-state index is 0. The molecule has 1 aromatic rings. The monoisotopic (exact) mass is 571 g/mol. The van der Waals surface area contributed by atoms with Crippen LogP contribution in [0.1, 0.15) is 26.3 Å². The summed E-state index contributed by atoms with van der Waals surface area (Å²) in [5, 5.41) is 6.00. The molecule has 0 bridgehead atoms. The van der Waals surface area contributed by atoms with Crippen LogP contribution in [-0.2, 0) is 44.8 Å². The first-order valence-electron chi connectivity index (χ1n) is 12.2. The fourth-order valence-corrected chi connectivity index (χ4v) is 3.65. The van der Waals surface area contributed by atoms with E-state index in [2.05, 4.69) is 24.5 Å². The van der Waals surface area contributed by atoms with Crippen LogP contribution in [0.4, 0.5) is 9.59 Å². The largest absolute Gasteiger partial charge is 2.00 e. The molecule has 0 saturated carbocycles. The molecule has 2 N–H and O–H groups in total. The number of nitrogens with zero attached hydrogens (tertiary/aromatic N) is 1. The third-order valence-corrected chi connectivity index (χ3v) is 5.54. The molecule has 1 aromatic carbocycles. The van der Waals surface area contributed by atoms with Crippen LogP contribution in [0.5, 0.6) is 5.75 Å². The molecule has 1 aliphatic rings. The molecule has 0 spiro atoms. The second-order valence-electron chi connectivity index (χ2n) is 9.44. The standard InChI is InChI=1S/C26H41N3O7.Zn/c1-7-29(8-2)14-16-33-15-13-27-24(30)35-23-21(17-19-9-11-20(32-6)12-10-19)28-18-22(23)34-25(31)36-26(3,4)5;/h9-12,21-23,28H,1-2,7-8,13-18H2,3-6H3,(H,27,30);/q-2;+2/t21-,22+,23+;/m1./s1. The van der Waals surface area contributed by atoms with Crippen molar-refractivity contribution in [1.29, 1.82) is 0 Å². The molecule has 3 atom stereocenters. The fraction of sp³-hybridized carbons (Fsp3) is 0.615. The SMILES string of the molecule is [CH2-]CN(C[CH2-])CCOCCNC(=O)O[C@@H]1[C@@H](OC(=O)OC(C)(C)C)CN[C@@H]1Cc1ccc(OC)cc1.[Zn+2]. The Labute approximate surface area is 233 Å². The van der Waals surface area contributed by atoms with Gasteiger partial charge in [-0.2, -0.15) is 0 Å². The molecule has 0 radical (unpaired) electrons. The average molecular weight is 573 g/mol. The van der Waals surface area contributed by atoms with Crippen molar-refractivity contribution < 1.29 is 52.8 Å². The molecule has 10 nitrogen and oxygen atoms in total. The summed E-state index contributed by atoms with van der Waals surface area (Å²) in [7, 11) is 1.61. The van der Waals surface area contributed by atoms with Crippen molar-refractivity contribution in [2.24, 2.45) is 0 Å². The van der Waals surface area contributed by atoms with E-state index in [0.717, 1.165) is 17.9 Å². The molecule has 2 rings (SSSR count). The van der Waals surface area contributed by atoms with Crippen LogP contribution < -0.4 is 15.4 Å². The van der Waals surface area contributed by atoms with Gasteiger partial charge in [0.1, 0.15) is 11.4 Å². The quantitative estimate of drug-likeness (QED) is 0.160. The molecule has 1 aliphatic heterocycles. The van der Waals surface area contributed by atoms with Crippen LogP contribution >= 0.6 is 0 Å². The predicted molar refractivity (Wildman–Crippen MR) is 136 cm³/mol. The Balaban J connectivity index is 0.00000684. The first kappa shape index (κ1) is 33.1. The molecule has 1 saturated heterocycles. The smallest absolute Gasteiger partial charge is 0.497 e. The summed E-state index contributed by atoms with van der Waals surface area (Å²) in [5.74, 6) is 0.754. The van der Waals surface area contributed by atoms with Crippen LogP contribution in [0.3, 0.4) is 0 Å². The first-order valence-corrected chi connectivity index (χ1v) is 12.2. The fourth-order valence-electron chi connectivity index (χ4n) is 3.65. The second kappa shape index (κ2) is 16.8. The minimum atomic E-state index is -0.805. The molecular weight excluding hydrogens is 532 g/mol. The van der Waals surface area contributed by atoms with Gasteiger partial charge in [0.25, 0.3) is 0 Å². The summed E-state index contributed by atoms with van der Waals surface area (Å²) >= 11 is 0. The number of benzene rings is 1. The van der Waals surface area contributed by atoms with Gasteiger partial charge in [-0.25, -0.2) is 9.59 Å². The number of methoxy groups -OCH3 is 1. The minimum Gasteiger partial charge on any atom is -0.497 e. The van der Waals surface area contributed by atoms with E-state index < -0.39 is 30.1 Å². The summed E-state index contributed by atoms with van der Waals surface area (Å²) in [6.45, 7) is 16.5. The molecule has 204 valence electrons. The van der Waals surface area contributed by atoms with Gasteiger partial charge in [-0.3, -0.25) is 0 Å². The third kappa shape index (κ3) is 12.4. The molecule has 0 aromatic heterocycles. The van der Waals surface area contributed by atoms with E-state index in [1.807, 2.05) is 29.2 Å². The Kier molecular flexibility index (Phi) is 15.0. The van der Waals surface area contributed by atoms with E-state index in [1.165, 1.54) is 0 Å². The zero-order chi connectivity index (χ0) is 26.6. The third-order valence-electron chi connectivity index (χ3n) is 5.54. The summed E-state index contributed by atoms with van der Waals surface area (Å²) in [6, 6.07) is 7.37. The summed E-state index contributed by atoms with van der Waals surface area (Å²) < 4.78 is 27.3. The van der Waals surface area contributed by atoms with Crippen LogP contribution in [0.15, 0.2) is 24.3 Å². The number of rotatable bonds is 13. The average Bonchev–Trinajstić information content (AvgIpc) is 3.18. The second-order valence-corrected chi connectivity index (χ2v) is 9.44. The molecule has 37 heavy (non-hydrogen) atoms. The Hall–Kier alpha value is -1.94. The van der Waals surface area contributed by atoms with Gasteiger partial charge >= 0.3 is 31.7 Å². The van der Waals surface area contributed by atoms with E-state index in [4.69, 9.17) is 23.7 Å². The Morgan fingerprint density at radius 2 is 1.78 bits per heavy atom. The maximum absolute atomic E-state index is 12.5. The van der Waals surface area contributed by atoms with Crippen LogP contribution in [0.25, 0.3) is 0 Å². The zero-order valence-corrected chi connectivity index (χ0v) is 25.6.